The van der Waals surface area contributed by atoms with E-state index in [1.165, 1.54) is 0 Å². The van der Waals surface area contributed by atoms with Crippen LogP contribution in [0, 0.1) is 23.2 Å². The lowest BCUT2D eigenvalue weighted by molar-refractivity contribution is -0.161. The van der Waals surface area contributed by atoms with Crippen LogP contribution >= 0.6 is 0 Å². The number of imidazole rings is 1. The van der Waals surface area contributed by atoms with Crippen LogP contribution in [0.1, 0.15) is 66.9 Å². The highest BCUT2D eigenvalue weighted by atomic mass is 16.4. The SMILES string of the molecule is CCn1nccc1C(=O)N[C@H](c1cn2nc(CC3(C(=O)O)CC(O)CNC3=O)ccc2n1)C(C1CC1)C1CC1. The Hall–Kier alpha value is -3.80. The lowest BCUT2D eigenvalue weighted by Crippen LogP contribution is -2.56. The van der Waals surface area contributed by atoms with Crippen molar-refractivity contribution < 1.29 is 24.6 Å². The predicted octanol–water partition coefficient (Wildman–Crippen LogP) is 1.35. The molecule has 4 N–H and O–H groups in total. The first-order chi connectivity index (χ1) is 18.8. The molecule has 3 aliphatic rings. The largest absolute Gasteiger partial charge is 0.480 e. The number of carbonyl (C=O) groups is 3. The lowest BCUT2D eigenvalue weighted by atomic mass is 9.75. The number of fused-ring (bicyclic) bond motifs is 1. The van der Waals surface area contributed by atoms with E-state index >= 15 is 0 Å². The van der Waals surface area contributed by atoms with Gasteiger partial charge in [-0.15, -0.1) is 0 Å². The van der Waals surface area contributed by atoms with Crippen LogP contribution in [0.4, 0.5) is 0 Å². The fourth-order valence-electron chi connectivity index (χ4n) is 6.10. The van der Waals surface area contributed by atoms with Crippen molar-refractivity contribution in [2.24, 2.45) is 23.2 Å². The zero-order valence-corrected chi connectivity index (χ0v) is 21.8. The summed E-state index contributed by atoms with van der Waals surface area (Å²) in [6.45, 7) is 2.56. The Kier molecular flexibility index (Phi) is 6.37. The molecule has 39 heavy (non-hydrogen) atoms. The van der Waals surface area contributed by atoms with E-state index in [4.69, 9.17) is 4.98 Å². The van der Waals surface area contributed by atoms with Gasteiger partial charge in [0.15, 0.2) is 11.1 Å². The third-order valence-electron chi connectivity index (χ3n) is 8.37. The Morgan fingerprint density at radius 3 is 2.62 bits per heavy atom. The zero-order chi connectivity index (χ0) is 27.3. The molecule has 206 valence electrons. The monoisotopic (exact) mass is 535 g/mol. The topological polar surface area (TPSA) is 164 Å². The maximum Gasteiger partial charge on any atom is 0.319 e. The molecule has 0 spiro atoms. The summed E-state index contributed by atoms with van der Waals surface area (Å²) in [4.78, 5) is 43.0. The summed E-state index contributed by atoms with van der Waals surface area (Å²) in [7, 11) is 0. The molecule has 3 aromatic heterocycles. The fourth-order valence-corrected chi connectivity index (χ4v) is 6.10. The summed E-state index contributed by atoms with van der Waals surface area (Å²) in [5.41, 5.74) is 0.367. The summed E-state index contributed by atoms with van der Waals surface area (Å²) >= 11 is 0. The number of β-amino-alcohol motifs (C(OH)–C–C–N with tert-alkyl or cyclic N) is 1. The Balaban J connectivity index is 1.32. The number of aliphatic hydroxyl groups excluding tert-OH is 1. The molecule has 6 rings (SSSR count). The highest BCUT2D eigenvalue weighted by molar-refractivity contribution is 6.02. The molecule has 4 heterocycles. The van der Waals surface area contributed by atoms with Gasteiger partial charge in [0, 0.05) is 32.1 Å². The van der Waals surface area contributed by atoms with Gasteiger partial charge in [-0.05, 0) is 68.6 Å². The number of aliphatic hydroxyl groups is 1. The fraction of sp³-hybridized carbons (Fsp3) is 0.556. The molecule has 2 unspecified atom stereocenters. The number of nitrogens with one attached hydrogen (secondary N) is 2. The van der Waals surface area contributed by atoms with Crippen LogP contribution in [0.5, 0.6) is 0 Å². The number of aromatic nitrogens is 5. The molecule has 1 aliphatic heterocycles. The van der Waals surface area contributed by atoms with Crippen LogP contribution in [-0.4, -0.2) is 65.0 Å². The maximum atomic E-state index is 13.4. The van der Waals surface area contributed by atoms with Crippen molar-refractivity contribution in [3.63, 3.8) is 0 Å². The minimum absolute atomic E-state index is 0.0283. The molecule has 3 fully saturated rings. The van der Waals surface area contributed by atoms with Crippen molar-refractivity contribution in [1.82, 2.24) is 35.0 Å². The van der Waals surface area contributed by atoms with Gasteiger partial charge in [-0.3, -0.25) is 19.1 Å². The minimum Gasteiger partial charge on any atom is -0.480 e. The number of hydrogen-bond acceptors (Lipinski definition) is 7. The van der Waals surface area contributed by atoms with E-state index in [1.807, 2.05) is 6.92 Å². The van der Waals surface area contributed by atoms with Crippen molar-refractivity contribution >= 4 is 23.4 Å². The summed E-state index contributed by atoms with van der Waals surface area (Å²) in [5, 5.41) is 34.6. The molecule has 1 saturated heterocycles. The number of aryl methyl sites for hydroxylation is 1. The first-order valence-electron chi connectivity index (χ1n) is 13.7. The average molecular weight is 536 g/mol. The second-order valence-electron chi connectivity index (χ2n) is 11.2. The quantitative estimate of drug-likeness (QED) is 0.283. The van der Waals surface area contributed by atoms with E-state index in [1.54, 1.807) is 39.8 Å². The van der Waals surface area contributed by atoms with Gasteiger partial charge in [0.2, 0.25) is 5.91 Å². The van der Waals surface area contributed by atoms with E-state index in [-0.39, 0.29) is 37.3 Å². The van der Waals surface area contributed by atoms with Crippen LogP contribution in [0.25, 0.3) is 5.65 Å². The Bertz CT molecular complexity index is 1410. The Morgan fingerprint density at radius 2 is 1.95 bits per heavy atom. The van der Waals surface area contributed by atoms with E-state index in [9.17, 15) is 24.6 Å². The number of carboxylic acids is 1. The van der Waals surface area contributed by atoms with Crippen molar-refractivity contribution in [3.8, 4) is 0 Å². The molecule has 12 nitrogen and oxygen atoms in total. The summed E-state index contributed by atoms with van der Waals surface area (Å²) in [6, 6.07) is 4.82. The van der Waals surface area contributed by atoms with E-state index in [2.05, 4.69) is 20.8 Å². The van der Waals surface area contributed by atoms with Gasteiger partial charge < -0.3 is 20.8 Å². The Labute approximate surface area is 224 Å². The lowest BCUT2D eigenvalue weighted by Gasteiger charge is -2.34. The minimum atomic E-state index is -1.80. The number of amides is 2. The van der Waals surface area contributed by atoms with Gasteiger partial charge in [0.1, 0.15) is 5.69 Å². The zero-order valence-electron chi connectivity index (χ0n) is 21.8. The second kappa shape index (κ2) is 9.74. The predicted molar refractivity (Wildman–Crippen MR) is 137 cm³/mol. The van der Waals surface area contributed by atoms with Gasteiger partial charge >= 0.3 is 5.97 Å². The number of carboxylic acid groups (broad SMARTS) is 1. The molecular formula is C27H33N7O5. The molecule has 3 atom stereocenters. The van der Waals surface area contributed by atoms with E-state index in [0.29, 0.717) is 41.1 Å². The van der Waals surface area contributed by atoms with Crippen molar-refractivity contribution in [1.29, 1.82) is 0 Å². The van der Waals surface area contributed by atoms with Gasteiger partial charge in [-0.1, -0.05) is 0 Å². The van der Waals surface area contributed by atoms with Crippen LogP contribution in [0.3, 0.4) is 0 Å². The third-order valence-corrected chi connectivity index (χ3v) is 8.37. The second-order valence-corrected chi connectivity index (χ2v) is 11.2. The van der Waals surface area contributed by atoms with Crippen LogP contribution in [0.2, 0.25) is 0 Å². The van der Waals surface area contributed by atoms with E-state index in [0.717, 1.165) is 25.7 Å². The molecule has 12 heteroatoms. The van der Waals surface area contributed by atoms with Crippen molar-refractivity contribution in [3.05, 3.63) is 47.7 Å². The highest BCUT2D eigenvalue weighted by Gasteiger charge is 2.51. The molecule has 0 bridgehead atoms. The average Bonchev–Trinajstić information content (AvgIpc) is 3.84. The smallest absolute Gasteiger partial charge is 0.319 e. The number of hydrogen-bond donors (Lipinski definition) is 4. The highest BCUT2D eigenvalue weighted by Crippen LogP contribution is 2.54. The van der Waals surface area contributed by atoms with Gasteiger partial charge in [0.25, 0.3) is 5.91 Å². The standard InChI is InChI=1S/C27H33N7O5/c1-2-33-20(9-10-29-33)24(36)31-23(22(15-3-4-15)16-5-6-16)19-14-34-21(30-19)8-7-17(32-34)11-27(26(38)39)12-18(35)13-28-25(27)37/h7-10,14-16,18,22-23,35H,2-6,11-13H2,1H3,(H,28,37)(H,31,36)(H,38,39)/t18?,23-,27?/m1/s1. The van der Waals surface area contributed by atoms with Crippen LogP contribution < -0.4 is 10.6 Å². The van der Waals surface area contributed by atoms with Crippen molar-refractivity contribution in [2.45, 2.75) is 64.1 Å². The third kappa shape index (κ3) is 4.77. The Morgan fingerprint density at radius 1 is 1.21 bits per heavy atom. The first kappa shape index (κ1) is 25.5. The van der Waals surface area contributed by atoms with Crippen LogP contribution in [0.15, 0.2) is 30.6 Å². The summed E-state index contributed by atoms with van der Waals surface area (Å²) < 4.78 is 3.26. The molecule has 2 amide bonds. The first-order valence-corrected chi connectivity index (χ1v) is 13.7. The van der Waals surface area contributed by atoms with Gasteiger partial charge in [-0.25, -0.2) is 9.50 Å². The molecule has 3 aromatic rings. The molecular weight excluding hydrogens is 502 g/mol. The van der Waals surface area contributed by atoms with Gasteiger partial charge in [0.05, 0.1) is 29.7 Å². The summed E-state index contributed by atoms with van der Waals surface area (Å²) in [5.74, 6) is -0.754. The number of nitrogens with zero attached hydrogens (tertiary/aromatic N) is 5. The number of rotatable bonds is 10. The number of piperidine rings is 1. The van der Waals surface area contributed by atoms with Crippen molar-refractivity contribution in [2.75, 3.05) is 6.54 Å². The summed E-state index contributed by atoms with van der Waals surface area (Å²) in [6.07, 6.45) is 6.68. The van der Waals surface area contributed by atoms with E-state index < -0.39 is 23.4 Å². The number of carbonyl (C=O) groups excluding carboxylic acids is 2. The van der Waals surface area contributed by atoms with Gasteiger partial charge in [-0.2, -0.15) is 10.2 Å². The molecule has 2 aliphatic carbocycles. The van der Waals surface area contributed by atoms with Crippen LogP contribution in [-0.2, 0) is 22.6 Å². The maximum absolute atomic E-state index is 13.4. The molecule has 0 radical (unpaired) electrons. The normalized spacial score (nSPS) is 24.1. The number of aliphatic carboxylic acids is 1. The molecule has 0 aromatic carbocycles. The molecule has 2 saturated carbocycles.